The fraction of sp³-hybridized carbons (Fsp3) is 0.185. The summed E-state index contributed by atoms with van der Waals surface area (Å²) in [7, 11) is 0. The molecule has 0 radical (unpaired) electrons. The van der Waals surface area contributed by atoms with Crippen molar-refractivity contribution in [2.24, 2.45) is 5.41 Å². The van der Waals surface area contributed by atoms with Crippen LogP contribution in [0.1, 0.15) is 31.8 Å². The van der Waals surface area contributed by atoms with Gasteiger partial charge in [-0.1, -0.05) is 49.6 Å². The maximum atomic E-state index is 12.7. The molecule has 0 saturated carbocycles. The molecule has 0 atom stereocenters. The molecule has 4 rings (SSSR count). The van der Waals surface area contributed by atoms with Gasteiger partial charge < -0.3 is 18.9 Å². The minimum atomic E-state index is -0.885. The Labute approximate surface area is 202 Å². The summed E-state index contributed by atoms with van der Waals surface area (Å²) in [5.41, 5.74) is 1.74. The molecule has 6 nitrogen and oxygen atoms in total. The van der Waals surface area contributed by atoms with Gasteiger partial charge in [0.1, 0.15) is 31.8 Å². The van der Waals surface area contributed by atoms with Crippen LogP contribution in [0.25, 0.3) is 12.2 Å². The van der Waals surface area contributed by atoms with Gasteiger partial charge in [0.15, 0.2) is 11.5 Å². The normalized spacial score (nSPS) is 13.9. The number of benzene rings is 2. The lowest BCUT2D eigenvalue weighted by Gasteiger charge is -2.29. The molecule has 2 heterocycles. The number of hydrogen-bond donors (Lipinski definition) is 0. The highest BCUT2D eigenvalue weighted by Crippen LogP contribution is 2.37. The first kappa shape index (κ1) is 23.3. The number of rotatable bonds is 8. The third-order valence-electron chi connectivity index (χ3n) is 5.44. The second kappa shape index (κ2) is 10.4. The maximum absolute atomic E-state index is 12.7. The molecule has 0 saturated heterocycles. The van der Waals surface area contributed by atoms with Crippen LogP contribution in [0.5, 0.6) is 11.5 Å². The summed E-state index contributed by atoms with van der Waals surface area (Å²) in [5.74, 6) is 0.258. The maximum Gasteiger partial charge on any atom is 0.338 e. The number of hydrogen-bond acceptors (Lipinski definition) is 7. The Kier molecular flexibility index (Phi) is 7.13. The average Bonchev–Trinajstić information content (AvgIpc) is 3.28. The monoisotopic (exact) mass is 476 g/mol. The topological polar surface area (TPSA) is 71.1 Å². The molecule has 174 valence electrons. The quantitative estimate of drug-likeness (QED) is 0.400. The second-order valence-corrected chi connectivity index (χ2v) is 8.73. The van der Waals surface area contributed by atoms with Crippen molar-refractivity contribution in [3.8, 4) is 11.5 Å². The molecule has 1 aromatic heterocycles. The van der Waals surface area contributed by atoms with Crippen LogP contribution in [-0.4, -0.2) is 38.4 Å². The molecule has 1 aliphatic heterocycles. The van der Waals surface area contributed by atoms with E-state index in [0.717, 1.165) is 11.1 Å². The molecule has 0 unspecified atom stereocenters. The second-order valence-electron chi connectivity index (χ2n) is 7.98. The van der Waals surface area contributed by atoms with Crippen LogP contribution in [0, 0.1) is 5.41 Å². The van der Waals surface area contributed by atoms with Crippen molar-refractivity contribution in [1.82, 2.24) is 0 Å². The van der Waals surface area contributed by atoms with Gasteiger partial charge in [0.2, 0.25) is 0 Å². The first-order valence-corrected chi connectivity index (χ1v) is 11.6. The number of thiophene rings is 1. The zero-order valence-corrected chi connectivity index (χ0v) is 19.3. The van der Waals surface area contributed by atoms with Crippen LogP contribution in [-0.2, 0) is 9.47 Å². The minimum Gasteiger partial charge on any atom is -0.488 e. The first-order chi connectivity index (χ1) is 16.5. The molecule has 0 amide bonds. The fourth-order valence-corrected chi connectivity index (χ4v) is 3.99. The molecular formula is C27H24O6S. The summed E-state index contributed by atoms with van der Waals surface area (Å²) in [4.78, 5) is 25.3. The molecule has 3 aromatic rings. The summed E-state index contributed by atoms with van der Waals surface area (Å²) < 4.78 is 23.1. The van der Waals surface area contributed by atoms with Gasteiger partial charge >= 0.3 is 11.9 Å². The van der Waals surface area contributed by atoms with Gasteiger partial charge in [-0.15, -0.1) is 11.3 Å². The lowest BCUT2D eigenvalue weighted by atomic mass is 9.92. The van der Waals surface area contributed by atoms with E-state index < -0.39 is 17.4 Å². The highest BCUT2D eigenvalue weighted by atomic mass is 32.1. The standard InChI is InChI=1S/C27H24O6S/c1-3-19-5-9-21(10-6-19)25(28)32-17-27(15-30-23-13-34-14-24(23)31-16-27)18-33-26(29)22-11-7-20(4-2)8-12-22/h3-14H,1-2,15-18H2. The van der Waals surface area contributed by atoms with Crippen molar-refractivity contribution in [3.63, 3.8) is 0 Å². The van der Waals surface area contributed by atoms with Gasteiger partial charge in [-0.25, -0.2) is 9.59 Å². The summed E-state index contributed by atoms with van der Waals surface area (Å²) >= 11 is 1.47. The molecule has 0 N–H and O–H groups in total. The molecule has 0 fully saturated rings. The van der Waals surface area contributed by atoms with Crippen molar-refractivity contribution in [2.75, 3.05) is 26.4 Å². The Morgan fingerprint density at radius 1 is 0.794 bits per heavy atom. The van der Waals surface area contributed by atoms with Crippen LogP contribution in [0.2, 0.25) is 0 Å². The smallest absolute Gasteiger partial charge is 0.338 e. The van der Waals surface area contributed by atoms with Crippen LogP contribution < -0.4 is 9.47 Å². The third-order valence-corrected chi connectivity index (χ3v) is 6.14. The highest BCUT2D eigenvalue weighted by Gasteiger charge is 2.39. The van der Waals surface area contributed by atoms with E-state index in [1.807, 2.05) is 10.8 Å². The third kappa shape index (κ3) is 5.38. The molecular weight excluding hydrogens is 452 g/mol. The number of esters is 2. The van der Waals surface area contributed by atoms with Crippen molar-refractivity contribution in [3.05, 3.63) is 94.7 Å². The van der Waals surface area contributed by atoms with E-state index in [4.69, 9.17) is 18.9 Å². The van der Waals surface area contributed by atoms with E-state index in [1.54, 1.807) is 60.7 Å². The van der Waals surface area contributed by atoms with Crippen LogP contribution in [0.4, 0.5) is 0 Å². The Hall–Kier alpha value is -3.84. The fourth-order valence-electron chi connectivity index (χ4n) is 3.31. The average molecular weight is 477 g/mol. The lowest BCUT2D eigenvalue weighted by Crippen LogP contribution is -2.43. The van der Waals surface area contributed by atoms with E-state index in [9.17, 15) is 9.59 Å². The van der Waals surface area contributed by atoms with Crippen molar-refractivity contribution in [2.45, 2.75) is 0 Å². The van der Waals surface area contributed by atoms with Gasteiger partial charge in [-0.05, 0) is 35.4 Å². The van der Waals surface area contributed by atoms with E-state index >= 15 is 0 Å². The largest absolute Gasteiger partial charge is 0.488 e. The molecule has 0 spiro atoms. The molecule has 2 aromatic carbocycles. The molecule has 0 aliphatic carbocycles. The van der Waals surface area contributed by atoms with Gasteiger partial charge in [0.05, 0.1) is 11.1 Å². The van der Waals surface area contributed by atoms with Crippen LogP contribution in [0.15, 0.2) is 72.4 Å². The Balaban J connectivity index is 1.46. The van der Waals surface area contributed by atoms with E-state index in [2.05, 4.69) is 13.2 Å². The zero-order chi connectivity index (χ0) is 24.0. The highest BCUT2D eigenvalue weighted by molar-refractivity contribution is 7.08. The predicted octanol–water partition coefficient (Wildman–Crippen LogP) is 5.51. The number of ether oxygens (including phenoxy) is 4. The zero-order valence-electron chi connectivity index (χ0n) is 18.5. The van der Waals surface area contributed by atoms with Gasteiger partial charge in [0.25, 0.3) is 0 Å². The predicted molar refractivity (Wildman–Crippen MR) is 131 cm³/mol. The molecule has 7 heteroatoms. The summed E-state index contributed by atoms with van der Waals surface area (Å²) in [6, 6.07) is 13.9. The number of carbonyl (C=O) groups is 2. The summed E-state index contributed by atoms with van der Waals surface area (Å²) in [6.45, 7) is 7.63. The SMILES string of the molecule is C=Cc1ccc(C(=O)OCC2(COC(=O)c3ccc(C=C)cc3)COc3cscc3OC2)cc1. The molecule has 1 aliphatic rings. The molecule has 0 bridgehead atoms. The Bertz CT molecular complexity index is 1080. The molecule has 34 heavy (non-hydrogen) atoms. The first-order valence-electron chi connectivity index (χ1n) is 10.6. The van der Waals surface area contributed by atoms with Gasteiger partial charge in [-0.3, -0.25) is 0 Å². The summed E-state index contributed by atoms with van der Waals surface area (Å²) in [6.07, 6.45) is 3.39. The van der Waals surface area contributed by atoms with Crippen molar-refractivity contribution >= 4 is 35.4 Å². The van der Waals surface area contributed by atoms with Crippen molar-refractivity contribution < 1.29 is 28.5 Å². The van der Waals surface area contributed by atoms with Crippen molar-refractivity contribution in [1.29, 1.82) is 0 Å². The summed E-state index contributed by atoms with van der Waals surface area (Å²) in [5, 5.41) is 3.68. The lowest BCUT2D eigenvalue weighted by molar-refractivity contribution is -0.0354. The Morgan fingerprint density at radius 2 is 1.21 bits per heavy atom. The van der Waals surface area contributed by atoms with Gasteiger partial charge in [-0.2, -0.15) is 0 Å². The van der Waals surface area contributed by atoms with Crippen LogP contribution in [0.3, 0.4) is 0 Å². The van der Waals surface area contributed by atoms with E-state index in [-0.39, 0.29) is 26.4 Å². The number of carbonyl (C=O) groups excluding carboxylic acids is 2. The minimum absolute atomic E-state index is 0.0502. The Morgan fingerprint density at radius 3 is 1.59 bits per heavy atom. The number of fused-ring (bicyclic) bond motifs is 1. The van der Waals surface area contributed by atoms with E-state index in [0.29, 0.717) is 22.6 Å². The van der Waals surface area contributed by atoms with Crippen LogP contribution >= 0.6 is 11.3 Å². The van der Waals surface area contributed by atoms with E-state index in [1.165, 1.54) is 11.3 Å². The van der Waals surface area contributed by atoms with Gasteiger partial charge in [0, 0.05) is 10.8 Å².